The minimum atomic E-state index is -2.97. The van der Waals surface area contributed by atoms with Gasteiger partial charge in [0, 0.05) is 35.9 Å². The van der Waals surface area contributed by atoms with Crippen molar-refractivity contribution < 1.29 is 8.42 Å². The van der Waals surface area contributed by atoms with E-state index < -0.39 is 9.84 Å². The highest BCUT2D eigenvalue weighted by molar-refractivity contribution is 8.01. The first-order valence-electron chi connectivity index (χ1n) is 7.25. The maximum atomic E-state index is 12.2. The lowest BCUT2D eigenvalue weighted by atomic mass is 9.90. The SMILES string of the molecule is CCS(=O)(=O)C1CSCCN1CC1(C)CCCCN1. The number of piperidine rings is 1. The van der Waals surface area contributed by atoms with Gasteiger partial charge in [-0.15, -0.1) is 0 Å². The molecular formula is C13H26N2O2S2. The van der Waals surface area contributed by atoms with Crippen LogP contribution in [-0.2, 0) is 9.84 Å². The van der Waals surface area contributed by atoms with E-state index in [-0.39, 0.29) is 16.7 Å². The van der Waals surface area contributed by atoms with Gasteiger partial charge >= 0.3 is 0 Å². The molecule has 2 saturated heterocycles. The van der Waals surface area contributed by atoms with E-state index in [4.69, 9.17) is 0 Å². The zero-order chi connectivity index (χ0) is 13.9. The van der Waals surface area contributed by atoms with Gasteiger partial charge in [-0.3, -0.25) is 4.90 Å². The topological polar surface area (TPSA) is 49.4 Å². The molecule has 0 radical (unpaired) electrons. The van der Waals surface area contributed by atoms with Gasteiger partial charge in [0.25, 0.3) is 0 Å². The maximum absolute atomic E-state index is 12.2. The Morgan fingerprint density at radius 1 is 1.42 bits per heavy atom. The summed E-state index contributed by atoms with van der Waals surface area (Å²) in [6.45, 7) is 6.81. The van der Waals surface area contributed by atoms with Gasteiger partial charge in [-0.25, -0.2) is 8.42 Å². The van der Waals surface area contributed by atoms with Crippen molar-refractivity contribution in [3.8, 4) is 0 Å². The monoisotopic (exact) mass is 306 g/mol. The average Bonchev–Trinajstić information content (AvgIpc) is 2.39. The standard InChI is InChI=1S/C13H26N2O2S2/c1-3-19(16,17)12-10-18-9-8-15(12)11-13(2)6-4-5-7-14-13/h12,14H,3-11H2,1-2H3. The summed E-state index contributed by atoms with van der Waals surface area (Å²) in [5.41, 5.74) is 0.0851. The van der Waals surface area contributed by atoms with Crippen LogP contribution in [0, 0.1) is 0 Å². The number of nitrogens with zero attached hydrogens (tertiary/aromatic N) is 1. The zero-order valence-corrected chi connectivity index (χ0v) is 13.7. The Balaban J connectivity index is 2.07. The van der Waals surface area contributed by atoms with E-state index in [0.717, 1.165) is 37.6 Å². The maximum Gasteiger partial charge on any atom is 0.166 e. The van der Waals surface area contributed by atoms with Crippen molar-refractivity contribution in [3.63, 3.8) is 0 Å². The molecule has 2 rings (SSSR count). The third kappa shape index (κ3) is 3.86. The molecule has 0 aromatic rings. The van der Waals surface area contributed by atoms with Crippen LogP contribution >= 0.6 is 11.8 Å². The van der Waals surface area contributed by atoms with E-state index in [1.165, 1.54) is 12.8 Å². The molecule has 2 atom stereocenters. The second-order valence-electron chi connectivity index (χ2n) is 5.90. The van der Waals surface area contributed by atoms with Crippen LogP contribution in [0.25, 0.3) is 0 Å². The van der Waals surface area contributed by atoms with E-state index in [1.54, 1.807) is 18.7 Å². The van der Waals surface area contributed by atoms with Crippen LogP contribution in [0.3, 0.4) is 0 Å². The van der Waals surface area contributed by atoms with Gasteiger partial charge in [-0.2, -0.15) is 11.8 Å². The van der Waals surface area contributed by atoms with Crippen LogP contribution in [0.2, 0.25) is 0 Å². The van der Waals surface area contributed by atoms with Gasteiger partial charge in [0.15, 0.2) is 9.84 Å². The average molecular weight is 306 g/mol. The molecule has 2 unspecified atom stereocenters. The van der Waals surface area contributed by atoms with Crippen LogP contribution < -0.4 is 5.32 Å². The van der Waals surface area contributed by atoms with Crippen molar-refractivity contribution in [1.82, 2.24) is 10.2 Å². The second-order valence-corrected chi connectivity index (χ2v) is 9.49. The van der Waals surface area contributed by atoms with Crippen LogP contribution in [0.1, 0.15) is 33.1 Å². The highest BCUT2D eigenvalue weighted by atomic mass is 32.2. The van der Waals surface area contributed by atoms with Crippen molar-refractivity contribution in [2.75, 3.05) is 36.9 Å². The molecule has 0 bridgehead atoms. The molecule has 0 aromatic carbocycles. The molecule has 0 aromatic heterocycles. The van der Waals surface area contributed by atoms with Gasteiger partial charge in [-0.1, -0.05) is 13.3 Å². The van der Waals surface area contributed by atoms with Gasteiger partial charge in [-0.05, 0) is 26.3 Å². The highest BCUT2D eigenvalue weighted by Crippen LogP contribution is 2.26. The van der Waals surface area contributed by atoms with Crippen molar-refractivity contribution in [1.29, 1.82) is 0 Å². The lowest BCUT2D eigenvalue weighted by Gasteiger charge is -2.43. The van der Waals surface area contributed by atoms with Gasteiger partial charge in [0.1, 0.15) is 5.37 Å². The highest BCUT2D eigenvalue weighted by Gasteiger charge is 2.37. The fourth-order valence-corrected chi connectivity index (χ4v) is 6.10. The van der Waals surface area contributed by atoms with E-state index in [1.807, 2.05) is 0 Å². The number of sulfone groups is 1. The molecule has 112 valence electrons. The molecule has 2 fully saturated rings. The third-order valence-electron chi connectivity index (χ3n) is 4.27. The fourth-order valence-electron chi connectivity index (χ4n) is 3.02. The summed E-state index contributed by atoms with van der Waals surface area (Å²) in [6.07, 6.45) is 3.63. The van der Waals surface area contributed by atoms with E-state index in [2.05, 4.69) is 17.1 Å². The van der Waals surface area contributed by atoms with Crippen LogP contribution in [0.15, 0.2) is 0 Å². The lowest BCUT2D eigenvalue weighted by Crippen LogP contribution is -2.58. The largest absolute Gasteiger partial charge is 0.310 e. The molecule has 0 saturated carbocycles. The molecule has 2 aliphatic rings. The minimum Gasteiger partial charge on any atom is -0.310 e. The molecule has 19 heavy (non-hydrogen) atoms. The summed E-state index contributed by atoms with van der Waals surface area (Å²) in [4.78, 5) is 2.20. The van der Waals surface area contributed by atoms with E-state index >= 15 is 0 Å². The normalized spacial score (nSPS) is 34.3. The molecule has 0 aliphatic carbocycles. The Bertz CT molecular complexity index is 391. The summed E-state index contributed by atoms with van der Waals surface area (Å²) in [7, 11) is -2.97. The number of hydrogen-bond acceptors (Lipinski definition) is 5. The molecule has 1 N–H and O–H groups in total. The molecule has 6 heteroatoms. The summed E-state index contributed by atoms with van der Waals surface area (Å²) in [5, 5.41) is 3.31. The Morgan fingerprint density at radius 3 is 2.84 bits per heavy atom. The number of rotatable bonds is 4. The van der Waals surface area contributed by atoms with Gasteiger partial charge < -0.3 is 5.32 Å². The Hall–Kier alpha value is 0.220. The lowest BCUT2D eigenvalue weighted by molar-refractivity contribution is 0.161. The summed E-state index contributed by atoms with van der Waals surface area (Å²) in [6, 6.07) is 0. The molecule has 2 aliphatic heterocycles. The van der Waals surface area contributed by atoms with Crippen molar-refractivity contribution >= 4 is 21.6 Å². The summed E-state index contributed by atoms with van der Waals surface area (Å²) >= 11 is 1.77. The van der Waals surface area contributed by atoms with Crippen molar-refractivity contribution in [2.24, 2.45) is 0 Å². The smallest absolute Gasteiger partial charge is 0.166 e. The Kier molecular flexibility index (Phi) is 5.20. The number of nitrogens with one attached hydrogen (secondary N) is 1. The predicted octanol–water partition coefficient (Wildman–Crippen LogP) is 1.33. The zero-order valence-electron chi connectivity index (χ0n) is 12.0. The molecule has 4 nitrogen and oxygen atoms in total. The molecular weight excluding hydrogens is 280 g/mol. The fraction of sp³-hybridized carbons (Fsp3) is 1.00. The first kappa shape index (κ1) is 15.6. The molecule has 2 heterocycles. The van der Waals surface area contributed by atoms with E-state index in [0.29, 0.717) is 0 Å². The first-order chi connectivity index (χ1) is 8.97. The summed E-state index contributed by atoms with van der Waals surface area (Å²) < 4.78 is 24.5. The first-order valence-corrected chi connectivity index (χ1v) is 10.1. The Labute approximate surface area is 121 Å². The summed E-state index contributed by atoms with van der Waals surface area (Å²) in [5.74, 6) is 2.02. The van der Waals surface area contributed by atoms with Gasteiger partial charge in [0.2, 0.25) is 0 Å². The van der Waals surface area contributed by atoms with Crippen molar-refractivity contribution in [3.05, 3.63) is 0 Å². The minimum absolute atomic E-state index is 0.0851. The predicted molar refractivity (Wildman–Crippen MR) is 82.4 cm³/mol. The number of hydrogen-bond donors (Lipinski definition) is 1. The van der Waals surface area contributed by atoms with Crippen LogP contribution in [0.5, 0.6) is 0 Å². The molecule has 0 amide bonds. The number of thioether (sulfide) groups is 1. The van der Waals surface area contributed by atoms with Gasteiger partial charge in [0.05, 0.1) is 0 Å². The molecule has 0 spiro atoms. The third-order valence-corrected chi connectivity index (χ3v) is 7.60. The Morgan fingerprint density at radius 2 is 2.21 bits per heavy atom. The van der Waals surface area contributed by atoms with Crippen molar-refractivity contribution in [2.45, 2.75) is 44.0 Å². The second kappa shape index (κ2) is 6.33. The quantitative estimate of drug-likeness (QED) is 0.849. The van der Waals surface area contributed by atoms with Crippen LogP contribution in [-0.4, -0.2) is 61.1 Å². The van der Waals surface area contributed by atoms with Crippen LogP contribution in [0.4, 0.5) is 0 Å². The van der Waals surface area contributed by atoms with E-state index in [9.17, 15) is 8.42 Å².